The maximum Gasteiger partial charge on any atom is 0.573 e. The fourth-order valence-corrected chi connectivity index (χ4v) is 2.87. The van der Waals surface area contributed by atoms with Gasteiger partial charge < -0.3 is 20.3 Å². The summed E-state index contributed by atoms with van der Waals surface area (Å²) in [6.45, 7) is 4.90. The monoisotopic (exact) mass is 405 g/mol. The van der Waals surface area contributed by atoms with Gasteiger partial charge in [0.1, 0.15) is 0 Å². The van der Waals surface area contributed by atoms with Crippen molar-refractivity contribution >= 4 is 17.6 Å². The summed E-state index contributed by atoms with van der Waals surface area (Å²) in [5, 5.41) is 5.09. The van der Waals surface area contributed by atoms with Crippen LogP contribution in [0, 0.1) is 11.7 Å². The molecule has 0 aromatic heterocycles. The second kappa shape index (κ2) is 9.11. The summed E-state index contributed by atoms with van der Waals surface area (Å²) >= 11 is 0. The minimum absolute atomic E-state index is 0.00564. The Morgan fingerprint density at radius 1 is 1.29 bits per heavy atom. The molecule has 0 saturated carbocycles. The molecule has 28 heavy (non-hydrogen) atoms. The van der Waals surface area contributed by atoms with Gasteiger partial charge in [-0.25, -0.2) is 9.18 Å². The molecule has 1 heterocycles. The highest BCUT2D eigenvalue weighted by atomic mass is 19.4. The predicted molar refractivity (Wildman–Crippen MR) is 94.3 cm³/mol. The normalized spacial score (nSPS) is 16.4. The molecule has 10 heteroatoms. The Morgan fingerprint density at radius 2 is 1.93 bits per heavy atom. The van der Waals surface area contributed by atoms with Gasteiger partial charge in [-0.2, -0.15) is 0 Å². The van der Waals surface area contributed by atoms with Gasteiger partial charge in [-0.05, 0) is 31.4 Å². The van der Waals surface area contributed by atoms with Gasteiger partial charge in [-0.15, -0.1) is 13.2 Å². The van der Waals surface area contributed by atoms with E-state index in [0.29, 0.717) is 25.9 Å². The lowest BCUT2D eigenvalue weighted by Gasteiger charge is -2.33. The molecule has 1 aromatic rings. The van der Waals surface area contributed by atoms with Crippen LogP contribution in [0.1, 0.15) is 33.1 Å². The fraction of sp³-hybridized carbons (Fsp3) is 0.556. The van der Waals surface area contributed by atoms with Crippen LogP contribution in [0.25, 0.3) is 0 Å². The topological polar surface area (TPSA) is 70.7 Å². The smallest absolute Gasteiger partial charge is 0.403 e. The first-order valence-electron chi connectivity index (χ1n) is 9.00. The number of nitrogens with one attached hydrogen (secondary N) is 2. The van der Waals surface area contributed by atoms with E-state index in [2.05, 4.69) is 15.4 Å². The number of amides is 3. The summed E-state index contributed by atoms with van der Waals surface area (Å²) in [4.78, 5) is 26.0. The second-order valence-electron chi connectivity index (χ2n) is 6.70. The number of hydrogen-bond acceptors (Lipinski definition) is 3. The zero-order valence-corrected chi connectivity index (χ0v) is 15.6. The first-order chi connectivity index (χ1) is 13.1. The zero-order valence-electron chi connectivity index (χ0n) is 15.6. The van der Waals surface area contributed by atoms with Crippen LogP contribution < -0.4 is 15.4 Å². The SMILES string of the molecule is CC[C@H](C)C(=O)N1CCC(NC(=O)Nc2ccc(OC(F)(F)F)c(F)c2)CC1. The van der Waals surface area contributed by atoms with Crippen LogP contribution in [0.5, 0.6) is 5.75 Å². The number of benzene rings is 1. The summed E-state index contributed by atoms with van der Waals surface area (Å²) in [6.07, 6.45) is -3.06. The number of rotatable bonds is 5. The van der Waals surface area contributed by atoms with Gasteiger partial charge in [-0.3, -0.25) is 4.79 Å². The number of carbonyl (C=O) groups is 2. The molecule has 0 aliphatic carbocycles. The summed E-state index contributed by atoms with van der Waals surface area (Å²) in [7, 11) is 0. The summed E-state index contributed by atoms with van der Waals surface area (Å²) < 4.78 is 53.6. The molecule has 1 aliphatic heterocycles. The quantitative estimate of drug-likeness (QED) is 0.731. The van der Waals surface area contributed by atoms with E-state index in [1.807, 2.05) is 13.8 Å². The lowest BCUT2D eigenvalue weighted by Crippen LogP contribution is -2.48. The molecule has 1 atom stereocenters. The number of piperidine rings is 1. The summed E-state index contributed by atoms with van der Waals surface area (Å²) in [5.74, 6) is -2.15. The summed E-state index contributed by atoms with van der Waals surface area (Å²) in [5.41, 5.74) is -0.00564. The van der Waals surface area contributed by atoms with Crippen LogP contribution in [0.4, 0.5) is 28.0 Å². The number of anilines is 1. The van der Waals surface area contributed by atoms with Crippen molar-refractivity contribution < 1.29 is 31.9 Å². The third kappa shape index (κ3) is 6.28. The van der Waals surface area contributed by atoms with Crippen LogP contribution in [0.15, 0.2) is 18.2 Å². The number of alkyl halides is 3. The van der Waals surface area contributed by atoms with Crippen molar-refractivity contribution in [2.75, 3.05) is 18.4 Å². The van der Waals surface area contributed by atoms with Crippen molar-refractivity contribution in [3.8, 4) is 5.75 Å². The maximum absolute atomic E-state index is 13.7. The third-order valence-corrected chi connectivity index (χ3v) is 4.59. The highest BCUT2D eigenvalue weighted by molar-refractivity contribution is 5.89. The van der Waals surface area contributed by atoms with Crippen molar-refractivity contribution in [2.24, 2.45) is 5.92 Å². The van der Waals surface area contributed by atoms with Crippen molar-refractivity contribution in [2.45, 2.75) is 45.5 Å². The van der Waals surface area contributed by atoms with Gasteiger partial charge in [0.2, 0.25) is 5.91 Å². The van der Waals surface area contributed by atoms with Crippen LogP contribution in [0.3, 0.4) is 0 Å². The highest BCUT2D eigenvalue weighted by Crippen LogP contribution is 2.27. The zero-order chi connectivity index (χ0) is 20.9. The molecule has 1 fully saturated rings. The number of urea groups is 1. The lowest BCUT2D eigenvalue weighted by atomic mass is 10.0. The molecule has 3 amide bonds. The van der Waals surface area contributed by atoms with Crippen LogP contribution in [-0.2, 0) is 4.79 Å². The van der Waals surface area contributed by atoms with E-state index in [9.17, 15) is 27.2 Å². The largest absolute Gasteiger partial charge is 0.573 e. The first kappa shape index (κ1) is 21.8. The number of hydrogen-bond donors (Lipinski definition) is 2. The van der Waals surface area contributed by atoms with E-state index in [-0.39, 0.29) is 23.6 Å². The Kier molecular flexibility index (Phi) is 7.09. The molecule has 0 bridgehead atoms. The van der Waals surface area contributed by atoms with E-state index < -0.39 is 24.0 Å². The van der Waals surface area contributed by atoms with Crippen LogP contribution >= 0.6 is 0 Å². The Balaban J connectivity index is 1.83. The standard InChI is InChI=1S/C18H23F4N3O3/c1-3-11(2)16(26)25-8-6-12(7-9-25)23-17(27)24-13-4-5-15(14(19)10-13)28-18(20,21)22/h4-5,10-12H,3,6-9H2,1-2H3,(H2,23,24,27)/t11-/m0/s1. The number of likely N-dealkylation sites (tertiary alicyclic amines) is 1. The van der Waals surface area contributed by atoms with Crippen molar-refractivity contribution in [3.63, 3.8) is 0 Å². The maximum atomic E-state index is 13.7. The molecule has 0 radical (unpaired) electrons. The fourth-order valence-electron chi connectivity index (χ4n) is 2.87. The minimum Gasteiger partial charge on any atom is -0.403 e. The Hall–Kier alpha value is -2.52. The molecular weight excluding hydrogens is 382 g/mol. The molecule has 2 N–H and O–H groups in total. The van der Waals surface area contributed by atoms with E-state index >= 15 is 0 Å². The van der Waals surface area contributed by atoms with E-state index in [4.69, 9.17) is 0 Å². The Morgan fingerprint density at radius 3 is 2.46 bits per heavy atom. The average molecular weight is 405 g/mol. The lowest BCUT2D eigenvalue weighted by molar-refractivity contribution is -0.275. The van der Waals surface area contributed by atoms with Crippen LogP contribution in [0.2, 0.25) is 0 Å². The Bertz CT molecular complexity index is 704. The van der Waals surface area contributed by atoms with Crippen molar-refractivity contribution in [1.82, 2.24) is 10.2 Å². The third-order valence-electron chi connectivity index (χ3n) is 4.59. The van der Waals surface area contributed by atoms with Gasteiger partial charge >= 0.3 is 12.4 Å². The molecule has 1 aliphatic rings. The van der Waals surface area contributed by atoms with Gasteiger partial charge in [0.25, 0.3) is 0 Å². The second-order valence-corrected chi connectivity index (χ2v) is 6.70. The number of ether oxygens (including phenoxy) is 1. The molecular formula is C18H23F4N3O3. The van der Waals surface area contributed by atoms with E-state index in [1.54, 1.807) is 4.90 Å². The number of halogens is 4. The highest BCUT2D eigenvalue weighted by Gasteiger charge is 2.32. The van der Waals surface area contributed by atoms with Crippen molar-refractivity contribution in [1.29, 1.82) is 0 Å². The Labute approximate surface area is 160 Å². The van der Waals surface area contributed by atoms with Gasteiger partial charge in [0.15, 0.2) is 11.6 Å². The predicted octanol–water partition coefficient (Wildman–Crippen LogP) is 3.88. The van der Waals surface area contributed by atoms with E-state index in [1.165, 1.54) is 0 Å². The molecule has 0 spiro atoms. The molecule has 1 saturated heterocycles. The van der Waals surface area contributed by atoms with E-state index in [0.717, 1.165) is 24.6 Å². The molecule has 1 aromatic carbocycles. The first-order valence-corrected chi connectivity index (χ1v) is 9.00. The number of nitrogens with zero attached hydrogens (tertiary/aromatic N) is 1. The van der Waals surface area contributed by atoms with Gasteiger partial charge in [0.05, 0.1) is 0 Å². The molecule has 2 rings (SSSR count). The molecule has 6 nitrogen and oxygen atoms in total. The summed E-state index contributed by atoms with van der Waals surface area (Å²) in [6, 6.07) is 1.89. The number of carbonyl (C=O) groups excluding carboxylic acids is 2. The molecule has 156 valence electrons. The van der Waals surface area contributed by atoms with Gasteiger partial charge in [0, 0.05) is 36.8 Å². The average Bonchev–Trinajstić information content (AvgIpc) is 2.62. The van der Waals surface area contributed by atoms with Gasteiger partial charge in [-0.1, -0.05) is 13.8 Å². The van der Waals surface area contributed by atoms with Crippen LogP contribution in [-0.4, -0.2) is 42.3 Å². The minimum atomic E-state index is -5.00. The molecule has 0 unspecified atom stereocenters. The van der Waals surface area contributed by atoms with Crippen molar-refractivity contribution in [3.05, 3.63) is 24.0 Å².